The van der Waals surface area contributed by atoms with Crippen molar-refractivity contribution in [3.05, 3.63) is 0 Å². The van der Waals surface area contributed by atoms with Gasteiger partial charge in [-0.15, -0.1) is 0 Å². The predicted molar refractivity (Wildman–Crippen MR) is 60.2 cm³/mol. The molecule has 0 aromatic carbocycles. The lowest BCUT2D eigenvalue weighted by atomic mass is 10.8. The van der Waals surface area contributed by atoms with Crippen molar-refractivity contribution in [1.29, 1.82) is 0 Å². The molecule has 0 atom stereocenters. The highest BCUT2D eigenvalue weighted by atomic mass is 33.1. The number of hydrazine groups is 1. The van der Waals surface area contributed by atoms with Crippen LogP contribution in [0.5, 0.6) is 0 Å². The van der Waals surface area contributed by atoms with Crippen LogP contribution < -0.4 is 11.3 Å². The Balaban J connectivity index is 3.05. The van der Waals surface area contributed by atoms with Gasteiger partial charge in [0.05, 0.1) is 0 Å². The first-order valence-electron chi connectivity index (χ1n) is 4.18. The summed E-state index contributed by atoms with van der Waals surface area (Å²) in [6, 6.07) is 0. The number of hydrogen-bond donors (Lipinski definition) is 2. The van der Waals surface area contributed by atoms with Crippen molar-refractivity contribution < 1.29 is 19.1 Å². The molecule has 0 aromatic heterocycles. The minimum atomic E-state index is -0.638. The van der Waals surface area contributed by atoms with Crippen molar-refractivity contribution in [2.24, 2.45) is 5.84 Å². The van der Waals surface area contributed by atoms with Crippen LogP contribution in [0.4, 0.5) is 4.79 Å². The number of amides is 1. The van der Waals surface area contributed by atoms with E-state index in [2.05, 4.69) is 4.74 Å². The number of esters is 1. The Kier molecular flexibility index (Phi) is 9.54. The van der Waals surface area contributed by atoms with E-state index in [9.17, 15) is 9.59 Å². The lowest BCUT2D eigenvalue weighted by molar-refractivity contribution is -0.140. The first-order valence-corrected chi connectivity index (χ1v) is 6.66. The minimum absolute atomic E-state index is 0.274. The zero-order valence-corrected chi connectivity index (χ0v) is 9.99. The predicted octanol–water partition coefficient (Wildman–Crippen LogP) is 0.531. The third kappa shape index (κ3) is 11.3. The lowest BCUT2D eigenvalue weighted by Crippen LogP contribution is -2.31. The molecule has 0 fully saturated rings. The van der Waals surface area contributed by atoms with E-state index < -0.39 is 6.09 Å². The van der Waals surface area contributed by atoms with E-state index >= 15 is 0 Å². The number of carbonyl (C=O) groups excluding carboxylic acids is 2. The highest BCUT2D eigenvalue weighted by Crippen LogP contribution is 2.20. The van der Waals surface area contributed by atoms with Crippen molar-refractivity contribution in [2.75, 3.05) is 24.7 Å². The highest BCUT2D eigenvalue weighted by Gasteiger charge is 1.98. The molecule has 0 aromatic rings. The zero-order valence-electron chi connectivity index (χ0n) is 8.36. The van der Waals surface area contributed by atoms with Gasteiger partial charge in [-0.3, -0.25) is 10.2 Å². The standard InChI is InChI=1S/C7H14N2O4S2/c1-6(10)12-2-4-14-15-5-3-13-7(11)9-8/h2-5,8H2,1H3,(H,9,11). The summed E-state index contributed by atoms with van der Waals surface area (Å²) in [5.74, 6) is 5.90. The second-order valence-electron chi connectivity index (χ2n) is 2.26. The quantitative estimate of drug-likeness (QED) is 0.171. The average Bonchev–Trinajstić information content (AvgIpc) is 2.21. The maximum Gasteiger partial charge on any atom is 0.421 e. The molecule has 6 nitrogen and oxygen atoms in total. The fourth-order valence-electron chi connectivity index (χ4n) is 0.547. The van der Waals surface area contributed by atoms with E-state index in [-0.39, 0.29) is 5.97 Å². The summed E-state index contributed by atoms with van der Waals surface area (Å²) in [5.41, 5.74) is 1.85. The highest BCUT2D eigenvalue weighted by molar-refractivity contribution is 8.76. The molecule has 0 unspecified atom stereocenters. The number of carbonyl (C=O) groups is 2. The fourth-order valence-corrected chi connectivity index (χ4v) is 2.20. The average molecular weight is 254 g/mol. The van der Waals surface area contributed by atoms with Crippen LogP contribution in [0, 0.1) is 0 Å². The minimum Gasteiger partial charge on any atom is -0.465 e. The van der Waals surface area contributed by atoms with Gasteiger partial charge in [0.1, 0.15) is 13.2 Å². The Morgan fingerprint density at radius 2 is 1.73 bits per heavy atom. The zero-order chi connectivity index (χ0) is 11.5. The second-order valence-corrected chi connectivity index (χ2v) is 4.97. The molecular formula is C7H14N2O4S2. The monoisotopic (exact) mass is 254 g/mol. The number of nitrogens with one attached hydrogen (secondary N) is 1. The summed E-state index contributed by atoms with van der Waals surface area (Å²) in [6.07, 6.45) is -0.638. The smallest absolute Gasteiger partial charge is 0.421 e. The maximum atomic E-state index is 10.5. The van der Waals surface area contributed by atoms with E-state index in [1.807, 2.05) is 5.43 Å². The van der Waals surface area contributed by atoms with Crippen molar-refractivity contribution in [1.82, 2.24) is 5.43 Å². The van der Waals surface area contributed by atoms with Crippen molar-refractivity contribution in [3.63, 3.8) is 0 Å². The molecule has 3 N–H and O–H groups in total. The van der Waals surface area contributed by atoms with Gasteiger partial charge >= 0.3 is 12.1 Å². The van der Waals surface area contributed by atoms with E-state index in [4.69, 9.17) is 10.6 Å². The van der Waals surface area contributed by atoms with Gasteiger partial charge in [-0.05, 0) is 0 Å². The molecule has 8 heteroatoms. The second kappa shape index (κ2) is 9.94. The topological polar surface area (TPSA) is 90.6 Å². The van der Waals surface area contributed by atoms with Crippen LogP contribution in [-0.2, 0) is 14.3 Å². The van der Waals surface area contributed by atoms with Crippen LogP contribution >= 0.6 is 21.6 Å². The largest absolute Gasteiger partial charge is 0.465 e. The van der Waals surface area contributed by atoms with Gasteiger partial charge in [0.2, 0.25) is 0 Å². The Bertz CT molecular complexity index is 203. The lowest BCUT2D eigenvalue weighted by Gasteiger charge is -2.03. The molecule has 0 rings (SSSR count). The molecule has 88 valence electrons. The van der Waals surface area contributed by atoms with Crippen LogP contribution in [0.25, 0.3) is 0 Å². The maximum absolute atomic E-state index is 10.5. The van der Waals surface area contributed by atoms with Crippen LogP contribution in [0.2, 0.25) is 0 Å². The first-order chi connectivity index (χ1) is 7.16. The number of rotatable bonds is 7. The van der Waals surface area contributed by atoms with Gasteiger partial charge in [-0.1, -0.05) is 21.6 Å². The summed E-state index contributed by atoms with van der Waals surface area (Å²) in [7, 11) is 3.09. The fraction of sp³-hybridized carbons (Fsp3) is 0.714. The number of hydrogen-bond acceptors (Lipinski definition) is 7. The molecule has 0 saturated heterocycles. The number of nitrogens with two attached hydrogens (primary N) is 1. The van der Waals surface area contributed by atoms with Crippen molar-refractivity contribution in [3.8, 4) is 0 Å². The Morgan fingerprint density at radius 1 is 1.20 bits per heavy atom. The van der Waals surface area contributed by atoms with Crippen molar-refractivity contribution in [2.45, 2.75) is 6.92 Å². The Hall–Kier alpha value is -0.600. The van der Waals surface area contributed by atoms with Gasteiger partial charge < -0.3 is 9.47 Å². The van der Waals surface area contributed by atoms with Crippen LogP contribution in [0.3, 0.4) is 0 Å². The molecule has 0 saturated carbocycles. The first kappa shape index (κ1) is 14.4. The molecule has 0 aliphatic rings. The van der Waals surface area contributed by atoms with E-state index in [0.29, 0.717) is 24.7 Å². The summed E-state index contributed by atoms with van der Waals surface area (Å²) < 4.78 is 9.36. The van der Waals surface area contributed by atoms with Gasteiger partial charge in [-0.25, -0.2) is 10.6 Å². The summed E-state index contributed by atoms with van der Waals surface area (Å²) >= 11 is 0. The van der Waals surface area contributed by atoms with E-state index in [1.165, 1.54) is 17.7 Å². The third-order valence-corrected chi connectivity index (χ3v) is 3.41. The van der Waals surface area contributed by atoms with E-state index in [1.54, 1.807) is 10.8 Å². The molecular weight excluding hydrogens is 240 g/mol. The normalized spacial score (nSPS) is 9.47. The van der Waals surface area contributed by atoms with Crippen LogP contribution in [0.15, 0.2) is 0 Å². The molecule has 1 amide bonds. The van der Waals surface area contributed by atoms with E-state index in [0.717, 1.165) is 0 Å². The SMILES string of the molecule is CC(=O)OCCSSCCOC(=O)NN. The summed E-state index contributed by atoms with van der Waals surface area (Å²) in [4.78, 5) is 20.9. The molecule has 0 aliphatic heterocycles. The van der Waals surface area contributed by atoms with Crippen LogP contribution in [-0.4, -0.2) is 36.8 Å². The van der Waals surface area contributed by atoms with Crippen molar-refractivity contribution >= 4 is 33.7 Å². The third-order valence-electron chi connectivity index (χ3n) is 1.07. The van der Waals surface area contributed by atoms with Crippen LogP contribution in [0.1, 0.15) is 6.92 Å². The molecule has 0 radical (unpaired) electrons. The van der Waals surface area contributed by atoms with Gasteiger partial charge in [0, 0.05) is 18.4 Å². The molecule has 0 heterocycles. The van der Waals surface area contributed by atoms with Gasteiger partial charge in [0.15, 0.2) is 0 Å². The summed E-state index contributed by atoms with van der Waals surface area (Å²) in [6.45, 7) is 2.07. The molecule has 0 spiro atoms. The van der Waals surface area contributed by atoms with Gasteiger partial charge in [-0.2, -0.15) is 0 Å². The number of ether oxygens (including phenoxy) is 2. The molecule has 15 heavy (non-hydrogen) atoms. The Morgan fingerprint density at radius 3 is 2.20 bits per heavy atom. The van der Waals surface area contributed by atoms with Gasteiger partial charge in [0.25, 0.3) is 0 Å². The summed E-state index contributed by atoms with van der Waals surface area (Å²) in [5, 5.41) is 0. The Labute approximate surface area is 96.0 Å². The molecule has 0 bridgehead atoms. The molecule has 0 aliphatic carbocycles.